The second-order valence-electron chi connectivity index (χ2n) is 5.98. The van der Waals surface area contributed by atoms with Gasteiger partial charge in [0.25, 0.3) is 0 Å². The molecule has 1 N–H and O–H groups in total. The van der Waals surface area contributed by atoms with Gasteiger partial charge in [0.05, 0.1) is 0 Å². The van der Waals surface area contributed by atoms with Crippen LogP contribution >= 0.6 is 0 Å². The lowest BCUT2D eigenvalue weighted by Crippen LogP contribution is -2.49. The zero-order valence-corrected chi connectivity index (χ0v) is 11.6. The summed E-state index contributed by atoms with van der Waals surface area (Å²) in [6, 6.07) is 6.97. The molecule has 2 nitrogen and oxygen atoms in total. The summed E-state index contributed by atoms with van der Waals surface area (Å²) in [7, 11) is 2.18. The topological polar surface area (TPSA) is 15.3 Å². The molecule has 0 bridgehead atoms. The zero-order valence-electron chi connectivity index (χ0n) is 11.6. The number of nitrogens with zero attached hydrogens (tertiary/aromatic N) is 1. The van der Waals surface area contributed by atoms with Crippen LogP contribution in [0.4, 0.5) is 5.69 Å². The Labute approximate surface area is 110 Å². The minimum absolute atomic E-state index is 0.454. The molecule has 0 radical (unpaired) electrons. The van der Waals surface area contributed by atoms with Crippen molar-refractivity contribution in [3.05, 3.63) is 29.3 Å². The van der Waals surface area contributed by atoms with Crippen LogP contribution in [0.15, 0.2) is 18.2 Å². The van der Waals surface area contributed by atoms with E-state index in [9.17, 15) is 0 Å². The predicted octanol–water partition coefficient (Wildman–Crippen LogP) is 3.10. The van der Waals surface area contributed by atoms with Crippen LogP contribution in [-0.4, -0.2) is 19.1 Å². The summed E-state index contributed by atoms with van der Waals surface area (Å²) in [5.74, 6) is 0. The molecule has 0 atom stereocenters. The van der Waals surface area contributed by atoms with Gasteiger partial charge in [-0.15, -0.1) is 0 Å². The number of rotatable bonds is 4. The van der Waals surface area contributed by atoms with E-state index in [2.05, 4.69) is 42.4 Å². The van der Waals surface area contributed by atoms with Crippen molar-refractivity contribution < 1.29 is 0 Å². The standard InChI is InChI=1S/C16H24N2/c1-3-16(8-4-9-16)17-12-13-5-6-15-14(11-13)7-10-18(15)2/h5-6,11,17H,3-4,7-10,12H2,1-2H3. The average molecular weight is 244 g/mol. The van der Waals surface area contributed by atoms with Crippen molar-refractivity contribution in [1.82, 2.24) is 5.32 Å². The van der Waals surface area contributed by atoms with E-state index in [0.717, 1.165) is 6.54 Å². The summed E-state index contributed by atoms with van der Waals surface area (Å²) < 4.78 is 0. The van der Waals surface area contributed by atoms with Gasteiger partial charge in [0.15, 0.2) is 0 Å². The van der Waals surface area contributed by atoms with Gasteiger partial charge in [-0.25, -0.2) is 0 Å². The van der Waals surface area contributed by atoms with Gasteiger partial charge in [-0.1, -0.05) is 19.1 Å². The Balaban J connectivity index is 1.67. The van der Waals surface area contributed by atoms with Crippen LogP contribution in [0.3, 0.4) is 0 Å². The van der Waals surface area contributed by atoms with E-state index in [0.29, 0.717) is 5.54 Å². The van der Waals surface area contributed by atoms with Gasteiger partial charge in [-0.05, 0) is 49.3 Å². The van der Waals surface area contributed by atoms with E-state index in [-0.39, 0.29) is 0 Å². The summed E-state index contributed by atoms with van der Waals surface area (Å²) in [6.45, 7) is 4.51. The van der Waals surface area contributed by atoms with Gasteiger partial charge < -0.3 is 10.2 Å². The third-order valence-corrected chi connectivity index (χ3v) is 4.93. The molecule has 1 fully saturated rings. The lowest BCUT2D eigenvalue weighted by Gasteiger charge is -2.42. The van der Waals surface area contributed by atoms with Crippen LogP contribution in [0.1, 0.15) is 43.7 Å². The molecule has 1 aromatic rings. The quantitative estimate of drug-likeness (QED) is 0.875. The zero-order chi connectivity index (χ0) is 12.6. The molecule has 1 aliphatic carbocycles. The fourth-order valence-corrected chi connectivity index (χ4v) is 3.28. The van der Waals surface area contributed by atoms with E-state index >= 15 is 0 Å². The van der Waals surface area contributed by atoms with Crippen molar-refractivity contribution in [2.75, 3.05) is 18.5 Å². The van der Waals surface area contributed by atoms with Crippen LogP contribution in [0, 0.1) is 0 Å². The SMILES string of the molecule is CCC1(NCc2ccc3c(c2)CCN3C)CCC1. The molecule has 1 heterocycles. The molecule has 2 aliphatic rings. The fraction of sp³-hybridized carbons (Fsp3) is 0.625. The highest BCUT2D eigenvalue weighted by atomic mass is 15.1. The first kappa shape index (κ1) is 12.0. The molecule has 0 unspecified atom stereocenters. The summed E-state index contributed by atoms with van der Waals surface area (Å²) in [5.41, 5.74) is 4.85. The average Bonchev–Trinajstić information content (AvgIpc) is 2.70. The second kappa shape index (κ2) is 4.58. The molecular formula is C16H24N2. The van der Waals surface area contributed by atoms with Gasteiger partial charge >= 0.3 is 0 Å². The Morgan fingerprint density at radius 2 is 2.17 bits per heavy atom. The minimum atomic E-state index is 0.454. The second-order valence-corrected chi connectivity index (χ2v) is 5.98. The fourth-order valence-electron chi connectivity index (χ4n) is 3.28. The van der Waals surface area contributed by atoms with Crippen molar-refractivity contribution in [1.29, 1.82) is 0 Å². The first-order chi connectivity index (χ1) is 8.72. The van der Waals surface area contributed by atoms with E-state index in [1.165, 1.54) is 55.5 Å². The molecule has 1 aliphatic heterocycles. The number of hydrogen-bond donors (Lipinski definition) is 1. The molecule has 0 spiro atoms. The lowest BCUT2D eigenvalue weighted by molar-refractivity contribution is 0.175. The maximum atomic E-state index is 3.79. The lowest BCUT2D eigenvalue weighted by atomic mass is 9.75. The van der Waals surface area contributed by atoms with E-state index in [1.807, 2.05) is 0 Å². The number of likely N-dealkylation sites (N-methyl/N-ethyl adjacent to an activating group) is 1. The Morgan fingerprint density at radius 3 is 2.83 bits per heavy atom. The van der Waals surface area contributed by atoms with Crippen molar-refractivity contribution in [3.63, 3.8) is 0 Å². The third kappa shape index (κ3) is 2.03. The molecule has 1 aromatic carbocycles. The highest BCUT2D eigenvalue weighted by Crippen LogP contribution is 2.35. The number of nitrogens with one attached hydrogen (secondary N) is 1. The van der Waals surface area contributed by atoms with Crippen molar-refractivity contribution in [3.8, 4) is 0 Å². The molecule has 18 heavy (non-hydrogen) atoms. The normalized spacial score (nSPS) is 20.7. The Morgan fingerprint density at radius 1 is 1.33 bits per heavy atom. The molecular weight excluding hydrogens is 220 g/mol. The number of benzene rings is 1. The number of fused-ring (bicyclic) bond motifs is 1. The molecule has 3 rings (SSSR count). The molecule has 0 aromatic heterocycles. The van der Waals surface area contributed by atoms with Crippen LogP contribution < -0.4 is 10.2 Å². The predicted molar refractivity (Wildman–Crippen MR) is 77.1 cm³/mol. The van der Waals surface area contributed by atoms with Crippen LogP contribution in [-0.2, 0) is 13.0 Å². The van der Waals surface area contributed by atoms with Crippen LogP contribution in [0.25, 0.3) is 0 Å². The van der Waals surface area contributed by atoms with Gasteiger partial charge in [0.1, 0.15) is 0 Å². The number of anilines is 1. The van der Waals surface area contributed by atoms with Crippen molar-refractivity contribution in [2.45, 2.75) is 51.1 Å². The first-order valence-electron chi connectivity index (χ1n) is 7.30. The van der Waals surface area contributed by atoms with E-state index < -0.39 is 0 Å². The van der Waals surface area contributed by atoms with Gasteiger partial charge in [0, 0.05) is 31.4 Å². The molecule has 2 heteroatoms. The van der Waals surface area contributed by atoms with E-state index in [1.54, 1.807) is 0 Å². The Bertz CT molecular complexity index is 429. The molecule has 0 saturated heterocycles. The van der Waals surface area contributed by atoms with Gasteiger partial charge in [-0.3, -0.25) is 0 Å². The maximum absolute atomic E-state index is 3.79. The highest BCUT2D eigenvalue weighted by molar-refractivity contribution is 5.58. The molecule has 98 valence electrons. The van der Waals surface area contributed by atoms with Crippen LogP contribution in [0.5, 0.6) is 0 Å². The summed E-state index contributed by atoms with van der Waals surface area (Å²) in [4.78, 5) is 2.35. The smallest absolute Gasteiger partial charge is 0.0397 e. The third-order valence-electron chi connectivity index (χ3n) is 4.93. The first-order valence-corrected chi connectivity index (χ1v) is 7.30. The largest absolute Gasteiger partial charge is 0.374 e. The molecule has 1 saturated carbocycles. The van der Waals surface area contributed by atoms with E-state index in [4.69, 9.17) is 0 Å². The summed E-state index contributed by atoms with van der Waals surface area (Å²) in [5, 5.41) is 3.79. The minimum Gasteiger partial charge on any atom is -0.374 e. The Hall–Kier alpha value is -1.02. The van der Waals surface area contributed by atoms with Gasteiger partial charge in [0.2, 0.25) is 0 Å². The van der Waals surface area contributed by atoms with Crippen LogP contribution in [0.2, 0.25) is 0 Å². The maximum Gasteiger partial charge on any atom is 0.0397 e. The Kier molecular flexibility index (Phi) is 3.06. The van der Waals surface area contributed by atoms with Gasteiger partial charge in [-0.2, -0.15) is 0 Å². The highest BCUT2D eigenvalue weighted by Gasteiger charge is 2.34. The van der Waals surface area contributed by atoms with Crippen molar-refractivity contribution >= 4 is 5.69 Å². The monoisotopic (exact) mass is 244 g/mol. The summed E-state index contributed by atoms with van der Waals surface area (Å²) >= 11 is 0. The van der Waals surface area contributed by atoms with Crippen molar-refractivity contribution in [2.24, 2.45) is 0 Å². The number of hydrogen-bond acceptors (Lipinski definition) is 2. The molecule has 0 amide bonds. The summed E-state index contributed by atoms with van der Waals surface area (Å²) in [6.07, 6.45) is 6.59.